The number of ketones is 1. The predicted molar refractivity (Wildman–Crippen MR) is 40.1 cm³/mol. The standard InChI is InChI=1S/C7H6NOS/c1-5(9)7-3-2-6(10)4-8-7/h2-4H,1H3. The molecule has 1 aromatic heterocycles. The molecule has 1 heterocycles. The lowest BCUT2D eigenvalue weighted by atomic mass is 10.3. The first kappa shape index (κ1) is 7.15. The van der Waals surface area contributed by atoms with E-state index in [-0.39, 0.29) is 5.78 Å². The highest BCUT2D eigenvalue weighted by atomic mass is 32.1. The van der Waals surface area contributed by atoms with Crippen LogP contribution in [0.4, 0.5) is 0 Å². The number of hydrogen-bond donors (Lipinski definition) is 0. The van der Waals surface area contributed by atoms with Crippen molar-refractivity contribution in [3.8, 4) is 0 Å². The highest BCUT2D eigenvalue weighted by Gasteiger charge is 1.97. The van der Waals surface area contributed by atoms with E-state index >= 15 is 0 Å². The van der Waals surface area contributed by atoms with Crippen LogP contribution in [0, 0.1) is 0 Å². The van der Waals surface area contributed by atoms with Crippen LogP contribution in [0.25, 0.3) is 0 Å². The molecule has 1 aromatic rings. The van der Waals surface area contributed by atoms with Gasteiger partial charge in [-0.15, -0.1) is 0 Å². The fourth-order valence-electron chi connectivity index (χ4n) is 0.589. The van der Waals surface area contributed by atoms with E-state index in [2.05, 4.69) is 4.98 Å². The lowest BCUT2D eigenvalue weighted by Gasteiger charge is -1.91. The fraction of sp³-hybridized carbons (Fsp3) is 0.143. The van der Waals surface area contributed by atoms with Crippen LogP contribution in [0.15, 0.2) is 23.2 Å². The molecule has 1 radical (unpaired) electrons. The van der Waals surface area contributed by atoms with Gasteiger partial charge >= 0.3 is 0 Å². The van der Waals surface area contributed by atoms with Crippen LogP contribution in [0.3, 0.4) is 0 Å². The molecule has 0 fully saturated rings. The van der Waals surface area contributed by atoms with Crippen molar-refractivity contribution in [3.05, 3.63) is 24.0 Å². The van der Waals surface area contributed by atoms with Crippen molar-refractivity contribution in [3.63, 3.8) is 0 Å². The van der Waals surface area contributed by atoms with Gasteiger partial charge in [-0.1, -0.05) is 12.6 Å². The normalized spacial score (nSPS) is 9.30. The summed E-state index contributed by atoms with van der Waals surface area (Å²) in [6, 6.07) is 3.32. The average Bonchev–Trinajstić information content (AvgIpc) is 1.88. The molecule has 3 heteroatoms. The summed E-state index contributed by atoms with van der Waals surface area (Å²) in [5, 5.41) is 0. The van der Waals surface area contributed by atoms with Crippen LogP contribution in [-0.2, 0) is 0 Å². The predicted octanol–water partition coefficient (Wildman–Crippen LogP) is 1.84. The number of Topliss-reactive ketones (excluding diaryl/α,β-unsaturated/α-hetero) is 1. The van der Waals surface area contributed by atoms with E-state index in [1.54, 1.807) is 12.1 Å². The molecular weight excluding hydrogens is 146 g/mol. The zero-order valence-corrected chi connectivity index (χ0v) is 6.31. The Morgan fingerprint density at radius 2 is 2.30 bits per heavy atom. The summed E-state index contributed by atoms with van der Waals surface area (Å²) in [6.07, 6.45) is 1.51. The van der Waals surface area contributed by atoms with Crippen molar-refractivity contribution in [1.82, 2.24) is 4.98 Å². The molecule has 2 nitrogen and oxygen atoms in total. The van der Waals surface area contributed by atoms with Gasteiger partial charge in [-0.3, -0.25) is 9.78 Å². The third-order valence-corrected chi connectivity index (χ3v) is 1.34. The summed E-state index contributed by atoms with van der Waals surface area (Å²) in [6.45, 7) is 1.48. The number of nitrogens with zero attached hydrogens (tertiary/aromatic N) is 1. The average molecular weight is 152 g/mol. The summed E-state index contributed by atoms with van der Waals surface area (Å²) >= 11 is 4.78. The van der Waals surface area contributed by atoms with Crippen molar-refractivity contribution < 1.29 is 4.79 Å². The number of carbonyl (C=O) groups is 1. The van der Waals surface area contributed by atoms with E-state index in [1.165, 1.54) is 13.1 Å². The van der Waals surface area contributed by atoms with E-state index in [0.29, 0.717) is 10.6 Å². The maximum Gasteiger partial charge on any atom is 0.178 e. The third kappa shape index (κ3) is 1.51. The van der Waals surface area contributed by atoms with Crippen molar-refractivity contribution in [2.75, 3.05) is 0 Å². The second-order valence-electron chi connectivity index (χ2n) is 1.94. The molecule has 0 atom stereocenters. The van der Waals surface area contributed by atoms with Crippen molar-refractivity contribution in [2.24, 2.45) is 0 Å². The van der Waals surface area contributed by atoms with Gasteiger partial charge in [0.2, 0.25) is 0 Å². The number of carbonyl (C=O) groups excluding carboxylic acids is 1. The maximum atomic E-state index is 10.7. The monoisotopic (exact) mass is 152 g/mol. The molecule has 0 saturated carbocycles. The van der Waals surface area contributed by atoms with Crippen molar-refractivity contribution in [1.29, 1.82) is 0 Å². The Hall–Kier alpha value is -0.960. The number of rotatable bonds is 1. The lowest BCUT2D eigenvalue weighted by Crippen LogP contribution is -1.94. The quantitative estimate of drug-likeness (QED) is 0.575. The van der Waals surface area contributed by atoms with Crippen LogP contribution in [0.5, 0.6) is 0 Å². The lowest BCUT2D eigenvalue weighted by molar-refractivity contribution is 0.101. The molecule has 0 N–H and O–H groups in total. The van der Waals surface area contributed by atoms with Gasteiger partial charge in [0.25, 0.3) is 0 Å². The minimum Gasteiger partial charge on any atom is -0.293 e. The van der Waals surface area contributed by atoms with Crippen molar-refractivity contribution >= 4 is 18.4 Å². The highest BCUT2D eigenvalue weighted by Crippen LogP contribution is 2.03. The molecule has 0 aliphatic carbocycles. The molecule has 0 bridgehead atoms. The largest absolute Gasteiger partial charge is 0.293 e. The van der Waals surface area contributed by atoms with Gasteiger partial charge in [-0.05, 0) is 12.1 Å². The van der Waals surface area contributed by atoms with E-state index in [0.717, 1.165) is 0 Å². The van der Waals surface area contributed by atoms with Crippen LogP contribution in [0.1, 0.15) is 17.4 Å². The first-order valence-electron chi connectivity index (χ1n) is 2.84. The summed E-state index contributed by atoms with van der Waals surface area (Å²) in [5.74, 6) is -0.0324. The Morgan fingerprint density at radius 3 is 2.70 bits per heavy atom. The highest BCUT2D eigenvalue weighted by molar-refractivity contribution is 7.80. The molecule has 0 amide bonds. The summed E-state index contributed by atoms with van der Waals surface area (Å²) < 4.78 is 0. The summed E-state index contributed by atoms with van der Waals surface area (Å²) in [7, 11) is 0. The molecule has 51 valence electrons. The first-order chi connectivity index (χ1) is 4.70. The Kier molecular flexibility index (Phi) is 1.97. The van der Waals surface area contributed by atoms with Crippen LogP contribution >= 0.6 is 12.6 Å². The molecule has 0 saturated heterocycles. The van der Waals surface area contributed by atoms with Crippen LogP contribution in [-0.4, -0.2) is 10.8 Å². The number of hydrogen-bond acceptors (Lipinski definition) is 2. The molecule has 0 spiro atoms. The summed E-state index contributed by atoms with van der Waals surface area (Å²) in [5.41, 5.74) is 0.466. The van der Waals surface area contributed by atoms with E-state index in [4.69, 9.17) is 12.6 Å². The Labute approximate surface area is 64.7 Å². The fourth-order valence-corrected chi connectivity index (χ4v) is 0.709. The molecule has 0 aliphatic rings. The van der Waals surface area contributed by atoms with Crippen LogP contribution < -0.4 is 0 Å². The van der Waals surface area contributed by atoms with Gasteiger partial charge < -0.3 is 0 Å². The van der Waals surface area contributed by atoms with Crippen LogP contribution in [0.2, 0.25) is 0 Å². The summed E-state index contributed by atoms with van der Waals surface area (Å²) in [4.78, 5) is 15.1. The van der Waals surface area contributed by atoms with Gasteiger partial charge in [0, 0.05) is 13.1 Å². The molecule has 1 rings (SSSR count). The maximum absolute atomic E-state index is 10.7. The first-order valence-corrected chi connectivity index (χ1v) is 3.25. The van der Waals surface area contributed by atoms with Gasteiger partial charge in [0.15, 0.2) is 5.78 Å². The Bertz CT molecular complexity index is 242. The second-order valence-corrected chi connectivity index (χ2v) is 2.41. The van der Waals surface area contributed by atoms with E-state index in [1.807, 2.05) is 0 Å². The molecule has 0 aliphatic heterocycles. The van der Waals surface area contributed by atoms with Gasteiger partial charge in [-0.25, -0.2) is 0 Å². The minimum absolute atomic E-state index is 0.0324. The SMILES string of the molecule is CC(=O)c1ccc([S])cn1. The number of pyridine rings is 1. The minimum atomic E-state index is -0.0324. The number of aromatic nitrogens is 1. The zero-order valence-electron chi connectivity index (χ0n) is 5.50. The van der Waals surface area contributed by atoms with Crippen molar-refractivity contribution in [2.45, 2.75) is 11.8 Å². The second kappa shape index (κ2) is 2.75. The Morgan fingerprint density at radius 1 is 1.60 bits per heavy atom. The molecular formula is C7H6NOS. The molecule has 0 unspecified atom stereocenters. The van der Waals surface area contributed by atoms with Gasteiger partial charge in [0.1, 0.15) is 5.69 Å². The molecule has 0 aromatic carbocycles. The molecule has 10 heavy (non-hydrogen) atoms. The topological polar surface area (TPSA) is 30.0 Å². The van der Waals surface area contributed by atoms with E-state index < -0.39 is 0 Å². The third-order valence-electron chi connectivity index (χ3n) is 1.10. The van der Waals surface area contributed by atoms with E-state index in [9.17, 15) is 4.79 Å². The Balaban J connectivity index is 3.00. The zero-order chi connectivity index (χ0) is 7.56. The van der Waals surface area contributed by atoms with Gasteiger partial charge in [0.05, 0.1) is 4.90 Å². The van der Waals surface area contributed by atoms with Gasteiger partial charge in [-0.2, -0.15) is 0 Å². The smallest absolute Gasteiger partial charge is 0.178 e.